The summed E-state index contributed by atoms with van der Waals surface area (Å²) in [5.74, 6) is 0. The standard InChI is InChI=1S/C33H50S/c1-7-8-14-28(2)15-9-16-29(3)17-10-18-30(4)19-11-20-31(5)21-12-22-32(6)23-13-24-33-25-26-34-27-33/h7-8,15,17,19,21,23,25-27H,9-14,16,18,20,22,24H2,1-6H3. The van der Waals surface area contributed by atoms with Crippen LogP contribution in [0.2, 0.25) is 0 Å². The zero-order valence-electron chi connectivity index (χ0n) is 23.0. The van der Waals surface area contributed by atoms with Gasteiger partial charge in [0.1, 0.15) is 0 Å². The first kappa shape index (κ1) is 30.2. The number of allylic oxidation sites excluding steroid dienone is 12. The van der Waals surface area contributed by atoms with E-state index in [4.69, 9.17) is 0 Å². The summed E-state index contributed by atoms with van der Waals surface area (Å²) in [4.78, 5) is 0. The Hall–Kier alpha value is -1.86. The Morgan fingerprint density at radius 2 is 1.09 bits per heavy atom. The van der Waals surface area contributed by atoms with E-state index in [9.17, 15) is 0 Å². The molecule has 1 rings (SSSR count). The number of rotatable bonds is 17. The molecule has 1 aromatic heterocycles. The summed E-state index contributed by atoms with van der Waals surface area (Å²) in [6.45, 7) is 13.5. The van der Waals surface area contributed by atoms with Crippen LogP contribution in [-0.4, -0.2) is 0 Å². The summed E-state index contributed by atoms with van der Waals surface area (Å²) in [6, 6.07) is 2.24. The lowest BCUT2D eigenvalue weighted by atomic mass is 10.0. The molecule has 0 saturated carbocycles. The Kier molecular flexibility index (Phi) is 17.3. The third-order valence-electron chi connectivity index (χ3n) is 6.31. The fourth-order valence-electron chi connectivity index (χ4n) is 3.90. The van der Waals surface area contributed by atoms with Gasteiger partial charge in [-0.05, 0) is 135 Å². The number of hydrogen-bond acceptors (Lipinski definition) is 1. The van der Waals surface area contributed by atoms with Crippen LogP contribution in [0.4, 0.5) is 0 Å². The molecule has 0 spiro atoms. The van der Waals surface area contributed by atoms with Crippen LogP contribution in [0.5, 0.6) is 0 Å². The molecule has 0 aliphatic rings. The third kappa shape index (κ3) is 16.7. The van der Waals surface area contributed by atoms with Gasteiger partial charge >= 0.3 is 0 Å². The maximum Gasteiger partial charge on any atom is -0.00611 e. The lowest BCUT2D eigenvalue weighted by Crippen LogP contribution is -1.84. The van der Waals surface area contributed by atoms with Crippen LogP contribution in [0.1, 0.15) is 111 Å². The van der Waals surface area contributed by atoms with Crippen LogP contribution in [0.3, 0.4) is 0 Å². The minimum atomic E-state index is 1.09. The Bertz CT molecular complexity index is 837. The van der Waals surface area contributed by atoms with Gasteiger partial charge < -0.3 is 0 Å². The van der Waals surface area contributed by atoms with Gasteiger partial charge in [-0.3, -0.25) is 0 Å². The average Bonchev–Trinajstić information content (AvgIpc) is 3.31. The molecule has 0 amide bonds. The minimum Gasteiger partial charge on any atom is -0.152 e. The van der Waals surface area contributed by atoms with E-state index in [-0.39, 0.29) is 0 Å². The molecule has 0 saturated heterocycles. The molecule has 0 aliphatic carbocycles. The topological polar surface area (TPSA) is 0 Å². The van der Waals surface area contributed by atoms with Crippen LogP contribution in [0.15, 0.2) is 87.2 Å². The molecule has 0 atom stereocenters. The normalized spacial score (nSPS) is 14.5. The van der Waals surface area contributed by atoms with Crippen molar-refractivity contribution in [2.45, 2.75) is 112 Å². The Morgan fingerprint density at radius 1 is 0.647 bits per heavy atom. The van der Waals surface area contributed by atoms with Gasteiger partial charge in [0, 0.05) is 0 Å². The van der Waals surface area contributed by atoms with Crippen LogP contribution in [0.25, 0.3) is 0 Å². The molecule has 1 heterocycles. The number of thiophene rings is 1. The molecule has 0 radical (unpaired) electrons. The Balaban J connectivity index is 2.19. The van der Waals surface area contributed by atoms with E-state index >= 15 is 0 Å². The molecule has 0 unspecified atom stereocenters. The van der Waals surface area contributed by atoms with Crippen LogP contribution in [0, 0.1) is 0 Å². The van der Waals surface area contributed by atoms with Gasteiger partial charge in [0.25, 0.3) is 0 Å². The molecule has 1 heteroatoms. The first-order valence-corrected chi connectivity index (χ1v) is 14.2. The van der Waals surface area contributed by atoms with Crippen LogP contribution < -0.4 is 0 Å². The Labute approximate surface area is 216 Å². The summed E-state index contributed by atoms with van der Waals surface area (Å²) in [5.41, 5.74) is 9.06. The molecule has 0 aliphatic heterocycles. The molecule has 0 bridgehead atoms. The quantitative estimate of drug-likeness (QED) is 0.195. The fraction of sp³-hybridized carbons (Fsp3) is 0.515. The van der Waals surface area contributed by atoms with E-state index in [1.165, 1.54) is 84.8 Å². The zero-order chi connectivity index (χ0) is 25.0. The van der Waals surface area contributed by atoms with Crippen LogP contribution >= 0.6 is 11.3 Å². The highest BCUT2D eigenvalue weighted by molar-refractivity contribution is 7.07. The molecule has 0 aromatic carbocycles. The van der Waals surface area contributed by atoms with Gasteiger partial charge in [0.05, 0.1) is 0 Å². The van der Waals surface area contributed by atoms with Crippen molar-refractivity contribution < 1.29 is 0 Å². The average molecular weight is 479 g/mol. The molecular formula is C33H50S. The van der Waals surface area contributed by atoms with E-state index in [2.05, 4.69) is 101 Å². The second-order valence-electron chi connectivity index (χ2n) is 9.85. The summed E-state index contributed by atoms with van der Waals surface area (Å²) >= 11 is 1.79. The first-order valence-electron chi connectivity index (χ1n) is 13.3. The summed E-state index contributed by atoms with van der Waals surface area (Å²) < 4.78 is 0. The highest BCUT2D eigenvalue weighted by Gasteiger charge is 1.96. The smallest absolute Gasteiger partial charge is 0.00611 e. The van der Waals surface area contributed by atoms with Crippen molar-refractivity contribution in [2.75, 3.05) is 0 Å². The predicted octanol–water partition coefficient (Wildman–Crippen LogP) is 11.5. The SMILES string of the molecule is CC=CCC(C)=CCCC(C)=CCCC(C)=CCCC(C)=CCCC(C)=CCCc1ccsc1. The van der Waals surface area contributed by atoms with Crippen molar-refractivity contribution in [2.24, 2.45) is 0 Å². The van der Waals surface area contributed by atoms with Crippen molar-refractivity contribution in [1.29, 1.82) is 0 Å². The lowest BCUT2D eigenvalue weighted by Gasteiger charge is -2.03. The van der Waals surface area contributed by atoms with Gasteiger partial charge in [-0.25, -0.2) is 0 Å². The van der Waals surface area contributed by atoms with Gasteiger partial charge in [-0.15, -0.1) is 0 Å². The van der Waals surface area contributed by atoms with Crippen molar-refractivity contribution >= 4 is 11.3 Å². The largest absolute Gasteiger partial charge is 0.152 e. The predicted molar refractivity (Wildman–Crippen MR) is 158 cm³/mol. The summed E-state index contributed by atoms with van der Waals surface area (Å²) in [5, 5.41) is 4.43. The van der Waals surface area contributed by atoms with Gasteiger partial charge in [-0.1, -0.05) is 70.4 Å². The number of hydrogen-bond donors (Lipinski definition) is 0. The lowest BCUT2D eigenvalue weighted by molar-refractivity contribution is 0.887. The molecule has 0 fully saturated rings. The van der Waals surface area contributed by atoms with Gasteiger partial charge in [0.2, 0.25) is 0 Å². The molecule has 34 heavy (non-hydrogen) atoms. The molecular weight excluding hydrogens is 428 g/mol. The van der Waals surface area contributed by atoms with E-state index in [0.29, 0.717) is 0 Å². The molecule has 0 nitrogen and oxygen atoms in total. The van der Waals surface area contributed by atoms with Gasteiger partial charge in [-0.2, -0.15) is 11.3 Å². The first-order chi connectivity index (χ1) is 16.4. The molecule has 1 aromatic rings. The zero-order valence-corrected chi connectivity index (χ0v) is 23.8. The minimum absolute atomic E-state index is 1.09. The van der Waals surface area contributed by atoms with Crippen molar-refractivity contribution in [1.82, 2.24) is 0 Å². The van der Waals surface area contributed by atoms with Gasteiger partial charge in [0.15, 0.2) is 0 Å². The fourth-order valence-corrected chi connectivity index (χ4v) is 4.60. The van der Waals surface area contributed by atoms with Crippen molar-refractivity contribution in [3.8, 4) is 0 Å². The third-order valence-corrected chi connectivity index (χ3v) is 7.04. The van der Waals surface area contributed by atoms with Crippen molar-refractivity contribution in [3.63, 3.8) is 0 Å². The Morgan fingerprint density at radius 3 is 1.50 bits per heavy atom. The van der Waals surface area contributed by atoms with E-state index in [1.807, 2.05) is 0 Å². The molecule has 188 valence electrons. The molecule has 0 N–H and O–H groups in total. The summed E-state index contributed by atoms with van der Waals surface area (Å²) in [7, 11) is 0. The maximum atomic E-state index is 2.45. The van der Waals surface area contributed by atoms with E-state index in [0.717, 1.165) is 19.3 Å². The highest BCUT2D eigenvalue weighted by Crippen LogP contribution is 2.16. The second-order valence-corrected chi connectivity index (χ2v) is 10.6. The second kappa shape index (κ2) is 19.4. The highest BCUT2D eigenvalue weighted by atomic mass is 32.1. The maximum absolute atomic E-state index is 2.45. The van der Waals surface area contributed by atoms with E-state index < -0.39 is 0 Å². The monoisotopic (exact) mass is 478 g/mol. The number of aryl methyl sites for hydroxylation is 1. The van der Waals surface area contributed by atoms with Crippen molar-refractivity contribution in [3.05, 3.63) is 92.8 Å². The summed E-state index contributed by atoms with van der Waals surface area (Å²) in [6.07, 6.45) is 29.3. The van der Waals surface area contributed by atoms with E-state index in [1.54, 1.807) is 11.3 Å². The van der Waals surface area contributed by atoms with Crippen LogP contribution in [-0.2, 0) is 6.42 Å².